The van der Waals surface area contributed by atoms with Crippen LogP contribution in [0, 0.1) is 12.7 Å². The van der Waals surface area contributed by atoms with Gasteiger partial charge in [-0.05, 0) is 12.5 Å². The Labute approximate surface area is 97.2 Å². The van der Waals surface area contributed by atoms with Gasteiger partial charge in [-0.3, -0.25) is 4.98 Å². The standard InChI is InChI=1S/C12H11FN2O2/c1-6-3-4-7-10(14)8(12(16)17-2)5-15-11(7)9(6)13/h3-5H,1-2H3,(H2,14,15). The highest BCUT2D eigenvalue weighted by atomic mass is 19.1. The molecule has 17 heavy (non-hydrogen) atoms. The second-order valence-electron chi connectivity index (χ2n) is 3.67. The monoisotopic (exact) mass is 234 g/mol. The molecule has 0 aliphatic carbocycles. The highest BCUT2D eigenvalue weighted by Crippen LogP contribution is 2.26. The van der Waals surface area contributed by atoms with E-state index in [4.69, 9.17) is 5.73 Å². The number of fused-ring (bicyclic) bond motifs is 1. The first-order chi connectivity index (χ1) is 8.06. The highest BCUT2D eigenvalue weighted by molar-refractivity contribution is 6.04. The Balaban J connectivity index is 2.77. The number of nitrogen functional groups attached to an aromatic ring is 1. The van der Waals surface area contributed by atoms with E-state index < -0.39 is 11.8 Å². The molecule has 2 N–H and O–H groups in total. The molecule has 0 bridgehead atoms. The predicted octanol–water partition coefficient (Wildman–Crippen LogP) is 2.05. The number of anilines is 1. The number of ether oxygens (including phenoxy) is 1. The molecule has 5 heteroatoms. The number of aryl methyl sites for hydroxylation is 1. The van der Waals surface area contributed by atoms with Crippen molar-refractivity contribution in [3.8, 4) is 0 Å². The lowest BCUT2D eigenvalue weighted by molar-refractivity contribution is 0.0601. The van der Waals surface area contributed by atoms with Gasteiger partial charge in [-0.25, -0.2) is 9.18 Å². The zero-order valence-electron chi connectivity index (χ0n) is 9.45. The van der Waals surface area contributed by atoms with E-state index in [1.807, 2.05) is 0 Å². The molecule has 0 fully saturated rings. The molecule has 0 saturated carbocycles. The van der Waals surface area contributed by atoms with E-state index in [-0.39, 0.29) is 16.8 Å². The van der Waals surface area contributed by atoms with E-state index in [0.717, 1.165) is 0 Å². The second-order valence-corrected chi connectivity index (χ2v) is 3.67. The lowest BCUT2D eigenvalue weighted by atomic mass is 10.1. The summed E-state index contributed by atoms with van der Waals surface area (Å²) in [7, 11) is 1.25. The van der Waals surface area contributed by atoms with Crippen molar-refractivity contribution in [2.45, 2.75) is 6.92 Å². The molecule has 1 aromatic carbocycles. The maximum absolute atomic E-state index is 13.8. The fourth-order valence-corrected chi connectivity index (χ4v) is 1.63. The van der Waals surface area contributed by atoms with Gasteiger partial charge in [-0.1, -0.05) is 12.1 Å². The Bertz CT molecular complexity index is 611. The lowest BCUT2D eigenvalue weighted by Gasteiger charge is -2.08. The molecule has 1 aromatic heterocycles. The molecule has 2 rings (SSSR count). The number of hydrogen-bond acceptors (Lipinski definition) is 4. The summed E-state index contributed by atoms with van der Waals surface area (Å²) in [4.78, 5) is 15.3. The number of nitrogens with two attached hydrogens (primary N) is 1. The summed E-state index contributed by atoms with van der Waals surface area (Å²) >= 11 is 0. The van der Waals surface area contributed by atoms with E-state index in [1.165, 1.54) is 13.3 Å². The van der Waals surface area contributed by atoms with E-state index in [9.17, 15) is 9.18 Å². The Morgan fingerprint density at radius 1 is 1.47 bits per heavy atom. The van der Waals surface area contributed by atoms with Crippen molar-refractivity contribution in [3.05, 3.63) is 35.3 Å². The molecule has 0 atom stereocenters. The van der Waals surface area contributed by atoms with Crippen molar-refractivity contribution >= 4 is 22.6 Å². The van der Waals surface area contributed by atoms with Crippen molar-refractivity contribution < 1.29 is 13.9 Å². The summed E-state index contributed by atoms with van der Waals surface area (Å²) in [5.41, 5.74) is 6.77. The summed E-state index contributed by atoms with van der Waals surface area (Å²) in [6.45, 7) is 1.64. The molecule has 0 unspecified atom stereocenters. The van der Waals surface area contributed by atoms with Crippen LogP contribution in [0.25, 0.3) is 10.9 Å². The summed E-state index contributed by atoms with van der Waals surface area (Å²) in [6, 6.07) is 3.24. The van der Waals surface area contributed by atoms with Crippen LogP contribution < -0.4 is 5.73 Å². The summed E-state index contributed by atoms with van der Waals surface area (Å²) in [5.74, 6) is -1.01. The third kappa shape index (κ3) is 1.69. The lowest BCUT2D eigenvalue weighted by Crippen LogP contribution is -2.07. The zero-order valence-corrected chi connectivity index (χ0v) is 9.45. The first-order valence-electron chi connectivity index (χ1n) is 4.98. The van der Waals surface area contributed by atoms with Crippen LogP contribution in [-0.2, 0) is 4.74 Å². The third-order valence-corrected chi connectivity index (χ3v) is 2.62. The highest BCUT2D eigenvalue weighted by Gasteiger charge is 2.15. The maximum atomic E-state index is 13.8. The van der Waals surface area contributed by atoms with Crippen LogP contribution in [0.15, 0.2) is 18.3 Å². The second kappa shape index (κ2) is 4.01. The molecule has 1 heterocycles. The number of aromatic nitrogens is 1. The molecule has 0 saturated heterocycles. The molecule has 0 aliphatic rings. The Hall–Kier alpha value is -2.17. The summed E-state index contributed by atoms with van der Waals surface area (Å²) in [5, 5.41) is 0.413. The maximum Gasteiger partial charge on any atom is 0.341 e. The van der Waals surface area contributed by atoms with Crippen molar-refractivity contribution in [3.63, 3.8) is 0 Å². The Morgan fingerprint density at radius 2 is 2.18 bits per heavy atom. The van der Waals surface area contributed by atoms with Gasteiger partial charge in [-0.15, -0.1) is 0 Å². The van der Waals surface area contributed by atoms with Gasteiger partial charge in [0.1, 0.15) is 11.1 Å². The number of nitrogens with zero attached hydrogens (tertiary/aromatic N) is 1. The van der Waals surface area contributed by atoms with Crippen LogP contribution in [0.5, 0.6) is 0 Å². The smallest absolute Gasteiger partial charge is 0.341 e. The minimum atomic E-state index is -0.585. The first-order valence-corrected chi connectivity index (χ1v) is 4.98. The van der Waals surface area contributed by atoms with Gasteiger partial charge < -0.3 is 10.5 Å². The van der Waals surface area contributed by atoms with Gasteiger partial charge in [-0.2, -0.15) is 0 Å². The van der Waals surface area contributed by atoms with E-state index in [1.54, 1.807) is 19.1 Å². The Morgan fingerprint density at radius 3 is 2.82 bits per heavy atom. The van der Waals surface area contributed by atoms with Crippen molar-refractivity contribution in [2.24, 2.45) is 0 Å². The van der Waals surface area contributed by atoms with Gasteiger partial charge in [0.2, 0.25) is 0 Å². The van der Waals surface area contributed by atoms with Crippen molar-refractivity contribution in [1.82, 2.24) is 4.98 Å². The largest absolute Gasteiger partial charge is 0.465 e. The van der Waals surface area contributed by atoms with E-state index >= 15 is 0 Å². The van der Waals surface area contributed by atoms with E-state index in [0.29, 0.717) is 10.9 Å². The fraction of sp³-hybridized carbons (Fsp3) is 0.167. The first kappa shape index (κ1) is 11.3. The quantitative estimate of drug-likeness (QED) is 0.767. The van der Waals surface area contributed by atoms with Crippen LogP contribution >= 0.6 is 0 Å². The van der Waals surface area contributed by atoms with Gasteiger partial charge in [0.25, 0.3) is 0 Å². The minimum absolute atomic E-state index is 0.142. The minimum Gasteiger partial charge on any atom is -0.465 e. The predicted molar refractivity (Wildman–Crippen MR) is 62.2 cm³/mol. The Kier molecular flexibility index (Phi) is 2.67. The van der Waals surface area contributed by atoms with Crippen LogP contribution in [0.3, 0.4) is 0 Å². The average Bonchev–Trinajstić information content (AvgIpc) is 2.33. The van der Waals surface area contributed by atoms with Gasteiger partial charge in [0.05, 0.1) is 12.8 Å². The number of rotatable bonds is 1. The molecular weight excluding hydrogens is 223 g/mol. The van der Waals surface area contributed by atoms with Gasteiger partial charge in [0.15, 0.2) is 5.82 Å². The number of esters is 1. The normalized spacial score (nSPS) is 10.5. The fourth-order valence-electron chi connectivity index (χ4n) is 1.63. The topological polar surface area (TPSA) is 65.2 Å². The van der Waals surface area contributed by atoms with Crippen molar-refractivity contribution in [1.29, 1.82) is 0 Å². The zero-order chi connectivity index (χ0) is 12.6. The number of carbonyl (C=O) groups excluding carboxylic acids is 1. The molecular formula is C12H11FN2O2. The molecule has 4 nitrogen and oxygen atoms in total. The number of benzene rings is 1. The van der Waals surface area contributed by atoms with Crippen LogP contribution in [-0.4, -0.2) is 18.1 Å². The summed E-state index contributed by atoms with van der Waals surface area (Å²) in [6.07, 6.45) is 1.23. The summed E-state index contributed by atoms with van der Waals surface area (Å²) < 4.78 is 18.3. The number of hydrogen-bond donors (Lipinski definition) is 1. The molecule has 0 radical (unpaired) electrons. The number of pyridine rings is 1. The molecule has 2 aromatic rings. The number of halogens is 1. The van der Waals surface area contributed by atoms with Crippen LogP contribution in [0.2, 0.25) is 0 Å². The number of methoxy groups -OCH3 is 1. The van der Waals surface area contributed by atoms with E-state index in [2.05, 4.69) is 9.72 Å². The molecule has 0 spiro atoms. The molecule has 0 amide bonds. The van der Waals surface area contributed by atoms with Gasteiger partial charge >= 0.3 is 5.97 Å². The SMILES string of the molecule is COC(=O)c1cnc2c(F)c(C)ccc2c1N. The average molecular weight is 234 g/mol. The van der Waals surface area contributed by atoms with Crippen LogP contribution in [0.4, 0.5) is 10.1 Å². The van der Waals surface area contributed by atoms with Crippen molar-refractivity contribution in [2.75, 3.05) is 12.8 Å². The third-order valence-electron chi connectivity index (χ3n) is 2.62. The van der Waals surface area contributed by atoms with Gasteiger partial charge in [0, 0.05) is 11.6 Å². The molecule has 88 valence electrons. The van der Waals surface area contributed by atoms with Crippen LogP contribution in [0.1, 0.15) is 15.9 Å². The number of carbonyl (C=O) groups is 1. The molecule has 0 aliphatic heterocycles.